The second-order valence-corrected chi connectivity index (χ2v) is 5.75. The smallest absolute Gasteiger partial charge is 0.0239 e. The molecule has 2 atom stereocenters. The van der Waals surface area contributed by atoms with Crippen molar-refractivity contribution in [3.05, 3.63) is 47.5 Å². The van der Waals surface area contributed by atoms with Gasteiger partial charge >= 0.3 is 0 Å². The van der Waals surface area contributed by atoms with E-state index in [1.807, 2.05) is 0 Å². The summed E-state index contributed by atoms with van der Waals surface area (Å²) in [6, 6.07) is 12.5. The number of hydrogen-bond donors (Lipinski definition) is 0. The molecule has 18 heavy (non-hydrogen) atoms. The maximum absolute atomic E-state index is 2.77. The highest BCUT2D eigenvalue weighted by atomic mass is 15.2. The van der Waals surface area contributed by atoms with Gasteiger partial charge in [-0.3, -0.25) is 4.90 Å². The molecule has 2 unspecified atom stereocenters. The number of allylic oxidation sites excluding steroid dienone is 1. The van der Waals surface area contributed by atoms with Crippen LogP contribution in [0, 0.1) is 0 Å². The van der Waals surface area contributed by atoms with Gasteiger partial charge in [-0.25, -0.2) is 0 Å². The molecule has 0 saturated carbocycles. The van der Waals surface area contributed by atoms with Crippen LogP contribution in [0.1, 0.15) is 44.6 Å². The van der Waals surface area contributed by atoms with E-state index in [1.54, 1.807) is 5.57 Å². The van der Waals surface area contributed by atoms with Crippen LogP contribution in [0.25, 0.3) is 0 Å². The third-order valence-corrected chi connectivity index (χ3v) is 4.62. The Morgan fingerprint density at radius 2 is 1.78 bits per heavy atom. The number of benzene rings is 1. The highest BCUT2D eigenvalue weighted by Crippen LogP contribution is 2.37. The second-order valence-electron chi connectivity index (χ2n) is 5.75. The average molecular weight is 241 g/mol. The molecule has 1 heteroatoms. The molecular formula is C17H23N. The molecule has 2 bridgehead atoms. The molecule has 0 aromatic heterocycles. The monoisotopic (exact) mass is 241 g/mol. The van der Waals surface area contributed by atoms with Crippen molar-refractivity contribution in [3.63, 3.8) is 0 Å². The van der Waals surface area contributed by atoms with E-state index in [4.69, 9.17) is 0 Å². The zero-order chi connectivity index (χ0) is 12.4. The van der Waals surface area contributed by atoms with E-state index < -0.39 is 0 Å². The zero-order valence-electron chi connectivity index (χ0n) is 11.3. The fraction of sp³-hybridized carbons (Fsp3) is 0.529. The molecule has 0 amide bonds. The first kappa shape index (κ1) is 12.0. The van der Waals surface area contributed by atoms with Crippen molar-refractivity contribution in [3.8, 4) is 0 Å². The first-order valence-electron chi connectivity index (χ1n) is 7.30. The number of fused-ring (bicyclic) bond motifs is 2. The first-order chi connectivity index (χ1) is 8.86. The largest absolute Gasteiger partial charge is 0.293 e. The lowest BCUT2D eigenvalue weighted by Gasteiger charge is -2.47. The normalized spacial score (nSPS) is 28.2. The Balaban J connectivity index is 1.76. The maximum Gasteiger partial charge on any atom is 0.0239 e. The fourth-order valence-corrected chi connectivity index (χ4v) is 3.63. The van der Waals surface area contributed by atoms with Gasteiger partial charge < -0.3 is 0 Å². The van der Waals surface area contributed by atoms with Crippen LogP contribution in [0.4, 0.5) is 0 Å². The SMILES string of the molecule is CC=C1CC2CCCC(C1)N2Cc1ccccc1. The van der Waals surface area contributed by atoms with Gasteiger partial charge in [0.2, 0.25) is 0 Å². The van der Waals surface area contributed by atoms with Crippen molar-refractivity contribution < 1.29 is 0 Å². The molecular weight excluding hydrogens is 218 g/mol. The lowest BCUT2D eigenvalue weighted by molar-refractivity contribution is 0.0536. The van der Waals surface area contributed by atoms with Gasteiger partial charge in [-0.1, -0.05) is 48.4 Å². The molecule has 2 heterocycles. The Morgan fingerprint density at radius 3 is 2.39 bits per heavy atom. The Hall–Kier alpha value is -1.08. The van der Waals surface area contributed by atoms with Gasteiger partial charge in [-0.05, 0) is 38.2 Å². The summed E-state index contributed by atoms with van der Waals surface area (Å²) >= 11 is 0. The Labute approximate surface area is 111 Å². The molecule has 0 aliphatic carbocycles. The molecule has 1 aromatic carbocycles. The number of hydrogen-bond acceptors (Lipinski definition) is 1. The van der Waals surface area contributed by atoms with E-state index in [-0.39, 0.29) is 0 Å². The number of rotatable bonds is 2. The maximum atomic E-state index is 2.77. The lowest BCUT2D eigenvalue weighted by atomic mass is 9.81. The molecule has 96 valence electrons. The zero-order valence-corrected chi connectivity index (χ0v) is 11.3. The van der Waals surface area contributed by atoms with E-state index in [9.17, 15) is 0 Å². The third kappa shape index (κ3) is 2.37. The third-order valence-electron chi connectivity index (χ3n) is 4.62. The van der Waals surface area contributed by atoms with Crippen LogP contribution in [-0.4, -0.2) is 17.0 Å². The summed E-state index contributed by atoms with van der Waals surface area (Å²) in [7, 11) is 0. The Kier molecular flexibility index (Phi) is 3.51. The molecule has 2 saturated heterocycles. The van der Waals surface area contributed by atoms with Crippen molar-refractivity contribution in [1.29, 1.82) is 0 Å². The van der Waals surface area contributed by atoms with Crippen molar-refractivity contribution in [2.24, 2.45) is 0 Å². The minimum Gasteiger partial charge on any atom is -0.293 e. The second kappa shape index (κ2) is 5.27. The minimum absolute atomic E-state index is 0.795. The van der Waals surface area contributed by atoms with E-state index in [0.717, 1.165) is 18.6 Å². The lowest BCUT2D eigenvalue weighted by Crippen LogP contribution is -2.49. The van der Waals surface area contributed by atoms with Crippen LogP contribution in [0.15, 0.2) is 42.0 Å². The van der Waals surface area contributed by atoms with Gasteiger partial charge in [0.05, 0.1) is 0 Å². The van der Waals surface area contributed by atoms with Crippen LogP contribution >= 0.6 is 0 Å². The summed E-state index contributed by atoms with van der Waals surface area (Å²) in [6.45, 7) is 3.35. The van der Waals surface area contributed by atoms with Gasteiger partial charge in [-0.2, -0.15) is 0 Å². The van der Waals surface area contributed by atoms with Crippen molar-refractivity contribution in [1.82, 2.24) is 4.90 Å². The first-order valence-corrected chi connectivity index (χ1v) is 7.30. The molecule has 3 rings (SSSR count). The van der Waals surface area contributed by atoms with Gasteiger partial charge in [0.1, 0.15) is 0 Å². The van der Waals surface area contributed by atoms with Crippen LogP contribution in [0.3, 0.4) is 0 Å². The summed E-state index contributed by atoms with van der Waals surface area (Å²) in [4.78, 5) is 2.77. The van der Waals surface area contributed by atoms with Crippen molar-refractivity contribution in [2.75, 3.05) is 0 Å². The van der Waals surface area contributed by atoms with E-state index in [2.05, 4.69) is 48.2 Å². The molecule has 2 fully saturated rings. The van der Waals surface area contributed by atoms with Crippen LogP contribution in [-0.2, 0) is 6.54 Å². The quantitative estimate of drug-likeness (QED) is 0.703. The van der Waals surface area contributed by atoms with E-state index in [1.165, 1.54) is 37.7 Å². The summed E-state index contributed by atoms with van der Waals surface area (Å²) in [5, 5.41) is 0. The summed E-state index contributed by atoms with van der Waals surface area (Å²) in [6.07, 6.45) is 9.17. The molecule has 1 aromatic rings. The molecule has 2 aliphatic rings. The average Bonchev–Trinajstić information content (AvgIpc) is 2.39. The van der Waals surface area contributed by atoms with Gasteiger partial charge in [0, 0.05) is 18.6 Å². The predicted molar refractivity (Wildman–Crippen MR) is 76.4 cm³/mol. The topological polar surface area (TPSA) is 3.24 Å². The molecule has 0 radical (unpaired) electrons. The molecule has 2 aliphatic heterocycles. The highest BCUT2D eigenvalue weighted by Gasteiger charge is 2.35. The summed E-state index contributed by atoms with van der Waals surface area (Å²) < 4.78 is 0. The molecule has 0 N–H and O–H groups in total. The molecule has 1 nitrogen and oxygen atoms in total. The number of piperidine rings is 2. The van der Waals surface area contributed by atoms with Crippen molar-refractivity contribution in [2.45, 2.75) is 57.7 Å². The van der Waals surface area contributed by atoms with E-state index in [0.29, 0.717) is 0 Å². The summed E-state index contributed by atoms with van der Waals surface area (Å²) in [5.74, 6) is 0. The number of nitrogens with zero attached hydrogens (tertiary/aromatic N) is 1. The Bertz CT molecular complexity index is 404. The molecule has 0 spiro atoms. The van der Waals surface area contributed by atoms with Gasteiger partial charge in [0.25, 0.3) is 0 Å². The van der Waals surface area contributed by atoms with Gasteiger partial charge in [-0.15, -0.1) is 0 Å². The minimum atomic E-state index is 0.795. The van der Waals surface area contributed by atoms with Gasteiger partial charge in [0.15, 0.2) is 0 Å². The van der Waals surface area contributed by atoms with E-state index >= 15 is 0 Å². The van der Waals surface area contributed by atoms with Crippen molar-refractivity contribution >= 4 is 0 Å². The highest BCUT2D eigenvalue weighted by molar-refractivity contribution is 5.17. The van der Waals surface area contributed by atoms with Crippen LogP contribution in [0.5, 0.6) is 0 Å². The summed E-state index contributed by atoms with van der Waals surface area (Å²) in [5.41, 5.74) is 3.16. The van der Waals surface area contributed by atoms with Crippen LogP contribution < -0.4 is 0 Å². The Morgan fingerprint density at radius 1 is 1.11 bits per heavy atom. The predicted octanol–water partition coefficient (Wildman–Crippen LogP) is 4.15. The standard InChI is InChI=1S/C17H23N/c1-2-14-11-16-9-6-10-17(12-14)18(16)13-15-7-4-3-5-8-15/h2-5,7-8,16-17H,6,9-13H2,1H3. The fourth-order valence-electron chi connectivity index (χ4n) is 3.63. The van der Waals surface area contributed by atoms with Crippen LogP contribution in [0.2, 0.25) is 0 Å².